The van der Waals surface area contributed by atoms with Gasteiger partial charge in [-0.2, -0.15) is 0 Å². The number of nitrogens with zero attached hydrogens (tertiary/aromatic N) is 5. The number of aromatic nitrogens is 5. The molecule has 1 aliphatic heterocycles. The first kappa shape index (κ1) is 22.1. The fourth-order valence-electron chi connectivity index (χ4n) is 4.71. The van der Waals surface area contributed by atoms with Crippen LogP contribution in [-0.4, -0.2) is 56.0 Å². The number of aryl methyl sites for hydroxylation is 1. The van der Waals surface area contributed by atoms with Crippen molar-refractivity contribution in [3.8, 4) is 17.0 Å². The molecule has 0 saturated carbocycles. The lowest BCUT2D eigenvalue weighted by atomic mass is 9.91. The van der Waals surface area contributed by atoms with Crippen LogP contribution < -0.4 is 4.74 Å². The number of aromatic amines is 1. The number of carbonyl (C=O) groups is 1. The van der Waals surface area contributed by atoms with Crippen molar-refractivity contribution in [2.75, 3.05) is 20.2 Å². The Bertz CT molecular complexity index is 1240. The number of nitrogens with one attached hydrogen (secondary N) is 1. The molecule has 0 spiro atoms. The van der Waals surface area contributed by atoms with E-state index in [1.807, 2.05) is 52.2 Å². The number of ether oxygens (including phenoxy) is 1. The van der Waals surface area contributed by atoms with Crippen LogP contribution in [0.15, 0.2) is 55.0 Å². The minimum absolute atomic E-state index is 0.0872. The molecular formula is C26H30N6O2. The summed E-state index contributed by atoms with van der Waals surface area (Å²) < 4.78 is 7.20. The number of benzene rings is 1. The van der Waals surface area contributed by atoms with Crippen molar-refractivity contribution in [3.63, 3.8) is 0 Å². The van der Waals surface area contributed by atoms with Gasteiger partial charge in [-0.15, -0.1) is 5.10 Å². The van der Waals surface area contributed by atoms with Crippen LogP contribution in [0.1, 0.15) is 42.6 Å². The van der Waals surface area contributed by atoms with Crippen LogP contribution in [0.3, 0.4) is 0 Å². The maximum absolute atomic E-state index is 13.0. The predicted molar refractivity (Wildman–Crippen MR) is 131 cm³/mol. The Balaban J connectivity index is 1.05. The highest BCUT2D eigenvalue weighted by atomic mass is 16.5. The number of pyridine rings is 1. The highest BCUT2D eigenvalue weighted by Crippen LogP contribution is 2.26. The molecule has 0 bridgehead atoms. The second-order valence-corrected chi connectivity index (χ2v) is 8.98. The van der Waals surface area contributed by atoms with Gasteiger partial charge in [0, 0.05) is 48.5 Å². The summed E-state index contributed by atoms with van der Waals surface area (Å²) in [6.07, 6.45) is 11.1. The first-order valence-electron chi connectivity index (χ1n) is 12.0. The molecule has 8 heteroatoms. The van der Waals surface area contributed by atoms with E-state index in [1.54, 1.807) is 19.5 Å². The fourth-order valence-corrected chi connectivity index (χ4v) is 4.71. The molecule has 8 nitrogen and oxygen atoms in total. The van der Waals surface area contributed by atoms with Gasteiger partial charge in [0.2, 0.25) is 0 Å². The van der Waals surface area contributed by atoms with Crippen LogP contribution >= 0.6 is 0 Å². The minimum Gasteiger partial charge on any atom is -0.497 e. The van der Waals surface area contributed by atoms with Crippen LogP contribution in [0.4, 0.5) is 0 Å². The number of H-pyrrole nitrogens is 1. The van der Waals surface area contributed by atoms with Crippen LogP contribution in [0.5, 0.6) is 5.75 Å². The number of piperidine rings is 1. The van der Waals surface area contributed by atoms with Crippen LogP contribution in [-0.2, 0) is 6.54 Å². The number of rotatable bonds is 8. The number of hydrogen-bond donors (Lipinski definition) is 1. The molecule has 0 aliphatic carbocycles. The lowest BCUT2D eigenvalue weighted by molar-refractivity contribution is 0.0680. The third-order valence-electron chi connectivity index (χ3n) is 6.71. The third kappa shape index (κ3) is 4.95. The van der Waals surface area contributed by atoms with Gasteiger partial charge >= 0.3 is 0 Å². The van der Waals surface area contributed by atoms with E-state index >= 15 is 0 Å². The molecule has 3 aromatic heterocycles. The van der Waals surface area contributed by atoms with Crippen molar-refractivity contribution in [1.29, 1.82) is 0 Å². The van der Waals surface area contributed by atoms with E-state index in [0.717, 1.165) is 73.2 Å². The Labute approximate surface area is 198 Å². The second-order valence-electron chi connectivity index (χ2n) is 8.98. The SMILES string of the molecule is COc1ccc2[nH]c(C(=O)N3CCC(CCCCn4cc(-c5cccnc5)nn4)CC3)cc2c1. The summed E-state index contributed by atoms with van der Waals surface area (Å²) in [5.41, 5.74) is 3.46. The normalized spacial score (nSPS) is 14.6. The Hall–Kier alpha value is -3.68. The van der Waals surface area contributed by atoms with Gasteiger partial charge < -0.3 is 14.6 Å². The number of methoxy groups -OCH3 is 1. The van der Waals surface area contributed by atoms with Gasteiger partial charge in [-0.3, -0.25) is 14.5 Å². The number of carbonyl (C=O) groups excluding carboxylic acids is 1. The molecule has 0 radical (unpaired) electrons. The highest BCUT2D eigenvalue weighted by Gasteiger charge is 2.24. The molecule has 5 rings (SSSR count). The third-order valence-corrected chi connectivity index (χ3v) is 6.71. The molecule has 1 N–H and O–H groups in total. The largest absolute Gasteiger partial charge is 0.497 e. The average Bonchev–Trinajstić information content (AvgIpc) is 3.54. The molecule has 4 aromatic rings. The van der Waals surface area contributed by atoms with Gasteiger partial charge in [0.15, 0.2) is 0 Å². The van der Waals surface area contributed by atoms with Gasteiger partial charge in [0.05, 0.1) is 13.3 Å². The number of likely N-dealkylation sites (tertiary alicyclic amines) is 1. The van der Waals surface area contributed by atoms with Crippen molar-refractivity contribution >= 4 is 16.8 Å². The summed E-state index contributed by atoms with van der Waals surface area (Å²) in [4.78, 5) is 22.4. The van der Waals surface area contributed by atoms with Crippen molar-refractivity contribution < 1.29 is 9.53 Å². The second kappa shape index (κ2) is 10.1. The van der Waals surface area contributed by atoms with E-state index in [2.05, 4.69) is 20.3 Å². The molecular weight excluding hydrogens is 428 g/mol. The summed E-state index contributed by atoms with van der Waals surface area (Å²) in [6, 6.07) is 11.6. The quantitative estimate of drug-likeness (QED) is 0.391. The first-order valence-corrected chi connectivity index (χ1v) is 12.0. The molecule has 1 fully saturated rings. The van der Waals surface area contributed by atoms with Crippen LogP contribution in [0.2, 0.25) is 0 Å². The zero-order valence-corrected chi connectivity index (χ0v) is 19.5. The molecule has 1 aliphatic rings. The standard InChI is InChI=1S/C26H30N6O2/c1-34-22-7-8-23-21(15-22)16-24(28-23)26(33)31-13-9-19(10-14-31)5-2-3-12-32-18-25(29-30-32)20-6-4-11-27-17-20/h4,6-8,11,15-19,28H,2-3,5,9-10,12-14H2,1H3. The molecule has 1 aromatic carbocycles. The molecule has 1 saturated heterocycles. The zero-order valence-electron chi connectivity index (χ0n) is 19.5. The predicted octanol–water partition coefficient (Wildman–Crippen LogP) is 4.55. The smallest absolute Gasteiger partial charge is 0.270 e. The number of fused-ring (bicyclic) bond motifs is 1. The van der Waals surface area contributed by atoms with Crippen molar-refractivity contribution in [3.05, 3.63) is 60.7 Å². The summed E-state index contributed by atoms with van der Waals surface area (Å²) in [7, 11) is 1.65. The van der Waals surface area contributed by atoms with E-state index in [0.29, 0.717) is 11.6 Å². The van der Waals surface area contributed by atoms with Crippen LogP contribution in [0, 0.1) is 5.92 Å². The summed E-state index contributed by atoms with van der Waals surface area (Å²) in [6.45, 7) is 2.51. The number of amides is 1. The first-order chi connectivity index (χ1) is 16.7. The van der Waals surface area contributed by atoms with Gasteiger partial charge in [0.25, 0.3) is 5.91 Å². The maximum Gasteiger partial charge on any atom is 0.270 e. The van der Waals surface area contributed by atoms with Crippen molar-refractivity contribution in [1.82, 2.24) is 29.9 Å². The minimum atomic E-state index is 0.0872. The van der Waals surface area contributed by atoms with Gasteiger partial charge in [0.1, 0.15) is 17.1 Å². The molecule has 176 valence electrons. The van der Waals surface area contributed by atoms with Crippen molar-refractivity contribution in [2.45, 2.75) is 38.6 Å². The summed E-state index contributed by atoms with van der Waals surface area (Å²) in [5, 5.41) is 9.50. The molecule has 4 heterocycles. The van der Waals surface area contributed by atoms with E-state index in [-0.39, 0.29) is 5.91 Å². The molecule has 0 atom stereocenters. The number of unbranched alkanes of at least 4 members (excludes halogenated alkanes) is 1. The molecule has 1 amide bonds. The van der Waals surface area contributed by atoms with E-state index in [1.165, 1.54) is 6.42 Å². The highest BCUT2D eigenvalue weighted by molar-refractivity contribution is 5.98. The number of hydrogen-bond acceptors (Lipinski definition) is 5. The van der Waals surface area contributed by atoms with Gasteiger partial charge in [-0.25, -0.2) is 0 Å². The lowest BCUT2D eigenvalue weighted by Crippen LogP contribution is -2.38. The fraction of sp³-hybridized carbons (Fsp3) is 0.385. The Morgan fingerprint density at radius 2 is 2.06 bits per heavy atom. The van der Waals surface area contributed by atoms with Crippen LogP contribution in [0.25, 0.3) is 22.2 Å². The topological polar surface area (TPSA) is 88.9 Å². The Kier molecular flexibility index (Phi) is 6.56. The Morgan fingerprint density at radius 1 is 1.18 bits per heavy atom. The van der Waals surface area contributed by atoms with Crippen molar-refractivity contribution in [2.24, 2.45) is 5.92 Å². The maximum atomic E-state index is 13.0. The summed E-state index contributed by atoms with van der Waals surface area (Å²) >= 11 is 0. The lowest BCUT2D eigenvalue weighted by Gasteiger charge is -2.31. The van der Waals surface area contributed by atoms with E-state index in [4.69, 9.17) is 4.74 Å². The van der Waals surface area contributed by atoms with Gasteiger partial charge in [-0.05, 0) is 61.6 Å². The molecule has 0 unspecified atom stereocenters. The van der Waals surface area contributed by atoms with Gasteiger partial charge in [-0.1, -0.05) is 18.1 Å². The van der Waals surface area contributed by atoms with E-state index < -0.39 is 0 Å². The summed E-state index contributed by atoms with van der Waals surface area (Å²) in [5.74, 6) is 1.56. The molecule has 34 heavy (non-hydrogen) atoms. The van der Waals surface area contributed by atoms with E-state index in [9.17, 15) is 4.79 Å². The monoisotopic (exact) mass is 458 g/mol. The average molecular weight is 459 g/mol. The zero-order chi connectivity index (χ0) is 23.3. The Morgan fingerprint density at radius 3 is 2.85 bits per heavy atom.